The largest absolute Gasteiger partial charge is 0.469 e. The average molecular weight is 283 g/mol. The summed E-state index contributed by atoms with van der Waals surface area (Å²) in [4.78, 5) is 10.9. The molecule has 0 fully saturated rings. The van der Waals surface area contributed by atoms with Crippen LogP contribution < -0.4 is 0 Å². The quantitative estimate of drug-likeness (QED) is 0.335. The first-order valence-corrected chi connectivity index (χ1v) is 7.34. The first-order chi connectivity index (χ1) is 8.11. The number of ether oxygens (including phenoxy) is 1. The molecule has 0 N–H and O–H groups in total. The minimum atomic E-state index is -0.178. The minimum absolute atomic E-state index is 0.0196. The van der Waals surface area contributed by atoms with Crippen LogP contribution in [0, 0.1) is 0 Å². The molecule has 0 heterocycles. The van der Waals surface area contributed by atoms with Crippen LogP contribution >= 0.6 is 23.2 Å². The van der Waals surface area contributed by atoms with Gasteiger partial charge in [0.05, 0.1) is 7.11 Å². The van der Waals surface area contributed by atoms with Crippen molar-refractivity contribution in [2.45, 2.75) is 69.0 Å². The molecule has 0 aliphatic carbocycles. The van der Waals surface area contributed by atoms with Crippen molar-refractivity contribution in [2.75, 3.05) is 7.11 Å². The van der Waals surface area contributed by atoms with Crippen LogP contribution in [0.15, 0.2) is 0 Å². The zero-order valence-corrected chi connectivity index (χ0v) is 12.4. The van der Waals surface area contributed by atoms with Gasteiger partial charge in [-0.2, -0.15) is 0 Å². The van der Waals surface area contributed by atoms with E-state index >= 15 is 0 Å². The standard InChI is InChI=1S/C13H24Cl2O2/c1-3-4-5-6-8-11(14)12(15)9-7-10-13(16)17-2/h11-12H,3-10H2,1-2H3. The molecule has 0 saturated carbocycles. The molecule has 0 saturated heterocycles. The van der Waals surface area contributed by atoms with Gasteiger partial charge in [-0.15, -0.1) is 23.2 Å². The lowest BCUT2D eigenvalue weighted by molar-refractivity contribution is -0.140. The number of hydrogen-bond donors (Lipinski definition) is 0. The predicted molar refractivity (Wildman–Crippen MR) is 73.9 cm³/mol. The molecule has 0 aliphatic rings. The normalized spacial score (nSPS) is 14.4. The molecule has 2 nitrogen and oxygen atoms in total. The molecular weight excluding hydrogens is 259 g/mol. The number of alkyl halides is 2. The van der Waals surface area contributed by atoms with Gasteiger partial charge >= 0.3 is 5.97 Å². The van der Waals surface area contributed by atoms with E-state index in [2.05, 4.69) is 11.7 Å². The molecule has 0 aliphatic heterocycles. The maximum absolute atomic E-state index is 10.9. The van der Waals surface area contributed by atoms with Crippen LogP contribution in [-0.2, 0) is 9.53 Å². The Labute approximate surface area is 115 Å². The van der Waals surface area contributed by atoms with Gasteiger partial charge in [0.2, 0.25) is 0 Å². The first kappa shape index (κ1) is 17.1. The molecule has 0 aromatic rings. The molecule has 0 aromatic heterocycles. The second-order valence-electron chi connectivity index (χ2n) is 4.35. The summed E-state index contributed by atoms with van der Waals surface area (Å²) in [6, 6.07) is 0. The molecule has 0 rings (SSSR count). The summed E-state index contributed by atoms with van der Waals surface area (Å²) in [5.74, 6) is -0.178. The topological polar surface area (TPSA) is 26.3 Å². The lowest BCUT2D eigenvalue weighted by atomic mass is 10.1. The van der Waals surface area contributed by atoms with E-state index in [1.165, 1.54) is 26.4 Å². The Kier molecular flexibility index (Phi) is 11.2. The van der Waals surface area contributed by atoms with E-state index in [0.717, 1.165) is 25.7 Å². The van der Waals surface area contributed by atoms with Gasteiger partial charge in [-0.1, -0.05) is 32.6 Å². The van der Waals surface area contributed by atoms with Gasteiger partial charge in [0.1, 0.15) is 0 Å². The monoisotopic (exact) mass is 282 g/mol. The number of halogens is 2. The SMILES string of the molecule is CCCCCCC(Cl)C(Cl)CCCC(=O)OC. The van der Waals surface area contributed by atoms with Gasteiger partial charge < -0.3 is 4.74 Å². The summed E-state index contributed by atoms with van der Waals surface area (Å²) < 4.78 is 4.57. The number of methoxy groups -OCH3 is 1. The van der Waals surface area contributed by atoms with Crippen molar-refractivity contribution in [2.24, 2.45) is 0 Å². The maximum atomic E-state index is 10.9. The predicted octanol–water partition coefficient (Wildman–Crippen LogP) is 4.51. The summed E-state index contributed by atoms with van der Waals surface area (Å²) in [6.07, 6.45) is 7.79. The highest BCUT2D eigenvalue weighted by Gasteiger charge is 2.16. The molecule has 17 heavy (non-hydrogen) atoms. The molecule has 0 radical (unpaired) electrons. The number of carbonyl (C=O) groups is 1. The Morgan fingerprint density at radius 1 is 1.06 bits per heavy atom. The summed E-state index contributed by atoms with van der Waals surface area (Å²) in [6.45, 7) is 2.19. The fourth-order valence-corrected chi connectivity index (χ4v) is 2.23. The Bertz CT molecular complexity index is 198. The highest BCUT2D eigenvalue weighted by molar-refractivity contribution is 6.29. The Morgan fingerprint density at radius 2 is 1.65 bits per heavy atom. The van der Waals surface area contributed by atoms with Gasteiger partial charge in [0.15, 0.2) is 0 Å². The van der Waals surface area contributed by atoms with E-state index in [1.54, 1.807) is 0 Å². The van der Waals surface area contributed by atoms with Gasteiger partial charge in [-0.05, 0) is 19.3 Å². The van der Waals surface area contributed by atoms with E-state index < -0.39 is 0 Å². The molecule has 102 valence electrons. The molecule has 0 bridgehead atoms. The third kappa shape index (κ3) is 9.72. The summed E-state index contributed by atoms with van der Waals surface area (Å²) in [5, 5.41) is -0.0193. The van der Waals surface area contributed by atoms with E-state index in [0.29, 0.717) is 6.42 Å². The van der Waals surface area contributed by atoms with E-state index in [9.17, 15) is 4.79 Å². The van der Waals surface area contributed by atoms with E-state index in [-0.39, 0.29) is 16.7 Å². The number of carbonyl (C=O) groups excluding carboxylic acids is 1. The summed E-state index contributed by atoms with van der Waals surface area (Å²) in [7, 11) is 1.40. The number of unbranched alkanes of at least 4 members (excludes halogenated alkanes) is 3. The van der Waals surface area contributed by atoms with Crippen LogP contribution in [0.2, 0.25) is 0 Å². The van der Waals surface area contributed by atoms with Crippen molar-refractivity contribution in [1.29, 1.82) is 0 Å². The van der Waals surface area contributed by atoms with Crippen molar-refractivity contribution in [3.63, 3.8) is 0 Å². The highest BCUT2D eigenvalue weighted by atomic mass is 35.5. The van der Waals surface area contributed by atoms with Crippen LogP contribution in [-0.4, -0.2) is 23.8 Å². The van der Waals surface area contributed by atoms with E-state index in [1.807, 2.05) is 0 Å². The third-order valence-electron chi connectivity index (χ3n) is 2.81. The molecule has 2 atom stereocenters. The fraction of sp³-hybridized carbons (Fsp3) is 0.923. The summed E-state index contributed by atoms with van der Waals surface area (Å²) >= 11 is 12.4. The molecular formula is C13H24Cl2O2. The van der Waals surface area contributed by atoms with Crippen molar-refractivity contribution in [3.05, 3.63) is 0 Å². The minimum Gasteiger partial charge on any atom is -0.469 e. The van der Waals surface area contributed by atoms with E-state index in [4.69, 9.17) is 23.2 Å². The zero-order valence-electron chi connectivity index (χ0n) is 10.9. The maximum Gasteiger partial charge on any atom is 0.305 e. The number of hydrogen-bond acceptors (Lipinski definition) is 2. The Morgan fingerprint density at radius 3 is 2.18 bits per heavy atom. The number of esters is 1. The molecule has 2 unspecified atom stereocenters. The van der Waals surface area contributed by atoms with Gasteiger partial charge in [-0.3, -0.25) is 4.79 Å². The molecule has 0 aromatic carbocycles. The van der Waals surface area contributed by atoms with Crippen LogP contribution in [0.4, 0.5) is 0 Å². The lowest BCUT2D eigenvalue weighted by Crippen LogP contribution is -2.15. The molecule has 0 spiro atoms. The molecule has 0 amide bonds. The van der Waals surface area contributed by atoms with Gasteiger partial charge in [-0.25, -0.2) is 0 Å². The van der Waals surface area contributed by atoms with Crippen molar-refractivity contribution < 1.29 is 9.53 Å². The number of rotatable bonds is 10. The van der Waals surface area contributed by atoms with Crippen molar-refractivity contribution in [3.8, 4) is 0 Å². The second-order valence-corrected chi connectivity index (χ2v) is 5.47. The van der Waals surface area contributed by atoms with Crippen LogP contribution in [0.5, 0.6) is 0 Å². The van der Waals surface area contributed by atoms with Gasteiger partial charge in [0, 0.05) is 17.2 Å². The highest BCUT2D eigenvalue weighted by Crippen LogP contribution is 2.22. The average Bonchev–Trinajstić information content (AvgIpc) is 2.33. The third-order valence-corrected chi connectivity index (χ3v) is 3.99. The van der Waals surface area contributed by atoms with Crippen LogP contribution in [0.3, 0.4) is 0 Å². The fourth-order valence-electron chi connectivity index (χ4n) is 1.67. The Balaban J connectivity index is 3.52. The smallest absolute Gasteiger partial charge is 0.305 e. The van der Waals surface area contributed by atoms with Gasteiger partial charge in [0.25, 0.3) is 0 Å². The summed E-state index contributed by atoms with van der Waals surface area (Å²) in [5.41, 5.74) is 0. The van der Waals surface area contributed by atoms with Crippen LogP contribution in [0.1, 0.15) is 58.3 Å². The van der Waals surface area contributed by atoms with Crippen molar-refractivity contribution in [1.82, 2.24) is 0 Å². The second kappa shape index (κ2) is 11.2. The first-order valence-electron chi connectivity index (χ1n) is 6.46. The lowest BCUT2D eigenvalue weighted by Gasteiger charge is -2.15. The molecule has 4 heteroatoms. The zero-order chi connectivity index (χ0) is 13.1. The Hall–Kier alpha value is 0.0500. The van der Waals surface area contributed by atoms with Crippen LogP contribution in [0.25, 0.3) is 0 Å². The van der Waals surface area contributed by atoms with Crippen molar-refractivity contribution >= 4 is 29.2 Å².